The second-order valence-corrected chi connectivity index (χ2v) is 9.44. The molecular weight excluding hydrogens is 460 g/mol. The van der Waals surface area contributed by atoms with E-state index in [2.05, 4.69) is 25.4 Å². The number of hydrogen-bond acceptors (Lipinski definition) is 5. The van der Waals surface area contributed by atoms with Crippen LogP contribution in [0.1, 0.15) is 11.1 Å². The van der Waals surface area contributed by atoms with Crippen molar-refractivity contribution in [2.75, 3.05) is 10.0 Å². The third kappa shape index (κ3) is 6.03. The minimum Gasteiger partial charge on any atom is -0.325 e. The normalized spacial score (nSPS) is 11.7. The SMILES string of the molecule is Cc1cnccc1NC(=NCc1ccc(NS(=O)(=O)c2ccccc2-c2ccccc2)cc1)NN. The molecule has 4 aromatic rings. The van der Waals surface area contributed by atoms with E-state index >= 15 is 0 Å². The number of nitrogens with two attached hydrogens (primary N) is 1. The fraction of sp³-hybridized carbons (Fsp3) is 0.0769. The summed E-state index contributed by atoms with van der Waals surface area (Å²) in [5.74, 6) is 6.01. The van der Waals surface area contributed by atoms with Gasteiger partial charge in [0.25, 0.3) is 10.0 Å². The van der Waals surface area contributed by atoms with Gasteiger partial charge in [-0.1, -0.05) is 60.7 Å². The number of aryl methyl sites for hydroxylation is 1. The number of nitrogens with zero attached hydrogens (tertiary/aromatic N) is 2. The van der Waals surface area contributed by atoms with Crippen LogP contribution in [0.25, 0.3) is 11.1 Å². The molecule has 5 N–H and O–H groups in total. The molecule has 0 unspecified atom stereocenters. The molecule has 0 amide bonds. The first-order valence-electron chi connectivity index (χ1n) is 10.9. The highest BCUT2D eigenvalue weighted by molar-refractivity contribution is 7.92. The molecule has 4 rings (SSSR count). The molecular formula is C26H26N6O2S. The number of rotatable bonds is 7. The molecule has 1 aromatic heterocycles. The fourth-order valence-corrected chi connectivity index (χ4v) is 4.77. The van der Waals surface area contributed by atoms with Crippen LogP contribution in [-0.2, 0) is 16.6 Å². The lowest BCUT2D eigenvalue weighted by molar-refractivity contribution is 0.601. The van der Waals surface area contributed by atoms with Crippen LogP contribution in [-0.4, -0.2) is 19.4 Å². The van der Waals surface area contributed by atoms with Crippen LogP contribution in [0.3, 0.4) is 0 Å². The van der Waals surface area contributed by atoms with Crippen molar-refractivity contribution in [3.05, 3.63) is 108 Å². The minimum absolute atomic E-state index is 0.219. The summed E-state index contributed by atoms with van der Waals surface area (Å²) in [6.07, 6.45) is 3.43. The van der Waals surface area contributed by atoms with E-state index in [0.29, 0.717) is 23.8 Å². The average molecular weight is 487 g/mol. The van der Waals surface area contributed by atoms with Crippen LogP contribution in [0.2, 0.25) is 0 Å². The Bertz CT molecular complexity index is 1420. The van der Waals surface area contributed by atoms with Crippen molar-refractivity contribution < 1.29 is 8.42 Å². The molecule has 3 aromatic carbocycles. The largest absolute Gasteiger partial charge is 0.325 e. The summed E-state index contributed by atoms with van der Waals surface area (Å²) in [7, 11) is -3.79. The van der Waals surface area contributed by atoms with E-state index in [1.165, 1.54) is 0 Å². The summed E-state index contributed by atoms with van der Waals surface area (Å²) < 4.78 is 29.0. The zero-order valence-electron chi connectivity index (χ0n) is 19.1. The predicted molar refractivity (Wildman–Crippen MR) is 140 cm³/mol. The number of aliphatic imine (C=N–C) groups is 1. The summed E-state index contributed by atoms with van der Waals surface area (Å²) in [4.78, 5) is 8.74. The van der Waals surface area contributed by atoms with E-state index in [9.17, 15) is 8.42 Å². The first-order chi connectivity index (χ1) is 17.0. The molecule has 0 radical (unpaired) electrons. The summed E-state index contributed by atoms with van der Waals surface area (Å²) >= 11 is 0. The summed E-state index contributed by atoms with van der Waals surface area (Å²) in [5, 5.41) is 3.13. The van der Waals surface area contributed by atoms with Crippen molar-refractivity contribution in [2.24, 2.45) is 10.8 Å². The van der Waals surface area contributed by atoms with Crippen molar-refractivity contribution in [1.29, 1.82) is 0 Å². The van der Waals surface area contributed by atoms with Crippen LogP contribution < -0.4 is 21.3 Å². The molecule has 1 heterocycles. The molecule has 0 saturated carbocycles. The maximum atomic E-state index is 13.2. The molecule has 0 aliphatic rings. The number of sulfonamides is 1. The predicted octanol–water partition coefficient (Wildman–Crippen LogP) is 4.29. The number of hydrogen-bond donors (Lipinski definition) is 4. The van der Waals surface area contributed by atoms with Crippen molar-refractivity contribution in [1.82, 2.24) is 10.4 Å². The molecule has 35 heavy (non-hydrogen) atoms. The topological polar surface area (TPSA) is 121 Å². The van der Waals surface area contributed by atoms with Gasteiger partial charge in [-0.2, -0.15) is 0 Å². The minimum atomic E-state index is -3.79. The van der Waals surface area contributed by atoms with Crippen molar-refractivity contribution in [3.8, 4) is 11.1 Å². The lowest BCUT2D eigenvalue weighted by atomic mass is 10.1. The Morgan fingerprint density at radius 2 is 1.66 bits per heavy atom. The van der Waals surface area contributed by atoms with Crippen LogP contribution >= 0.6 is 0 Å². The Labute approximate surface area is 205 Å². The smallest absolute Gasteiger partial charge is 0.262 e. The van der Waals surface area contributed by atoms with Crippen molar-refractivity contribution in [3.63, 3.8) is 0 Å². The average Bonchev–Trinajstić information content (AvgIpc) is 2.89. The van der Waals surface area contributed by atoms with E-state index in [1.54, 1.807) is 42.7 Å². The lowest BCUT2D eigenvalue weighted by Crippen LogP contribution is -2.36. The second-order valence-electron chi connectivity index (χ2n) is 7.79. The van der Waals surface area contributed by atoms with Gasteiger partial charge >= 0.3 is 0 Å². The second kappa shape index (κ2) is 10.8. The molecule has 0 aliphatic carbocycles. The summed E-state index contributed by atoms with van der Waals surface area (Å²) in [6.45, 7) is 2.28. The molecule has 178 valence electrons. The number of hydrazine groups is 1. The van der Waals surface area contributed by atoms with Gasteiger partial charge in [0.1, 0.15) is 0 Å². The van der Waals surface area contributed by atoms with Gasteiger partial charge in [0, 0.05) is 29.3 Å². The molecule has 9 heteroatoms. The zero-order valence-corrected chi connectivity index (χ0v) is 20.0. The van der Waals surface area contributed by atoms with Gasteiger partial charge < -0.3 is 5.32 Å². The number of guanidine groups is 1. The lowest BCUT2D eigenvalue weighted by Gasteiger charge is -2.13. The Kier molecular flexibility index (Phi) is 7.39. The molecule has 0 fully saturated rings. The third-order valence-corrected chi connectivity index (χ3v) is 6.74. The Balaban J connectivity index is 1.47. The van der Waals surface area contributed by atoms with Crippen LogP contribution in [0.5, 0.6) is 0 Å². The zero-order chi connectivity index (χ0) is 24.7. The molecule has 0 saturated heterocycles. The molecule has 0 atom stereocenters. The quantitative estimate of drug-likeness (QED) is 0.134. The van der Waals surface area contributed by atoms with Gasteiger partial charge in [-0.15, -0.1) is 0 Å². The van der Waals surface area contributed by atoms with E-state index in [-0.39, 0.29) is 4.90 Å². The number of anilines is 2. The van der Waals surface area contributed by atoms with Gasteiger partial charge in [0.15, 0.2) is 0 Å². The van der Waals surface area contributed by atoms with E-state index in [1.807, 2.05) is 61.5 Å². The highest BCUT2D eigenvalue weighted by Crippen LogP contribution is 2.28. The van der Waals surface area contributed by atoms with E-state index in [4.69, 9.17) is 5.84 Å². The summed E-state index contributed by atoms with van der Waals surface area (Å²) in [5.41, 5.74) is 7.19. The number of nitrogens with one attached hydrogen (secondary N) is 3. The van der Waals surface area contributed by atoms with E-state index < -0.39 is 10.0 Å². The Morgan fingerprint density at radius 3 is 2.37 bits per heavy atom. The number of pyridine rings is 1. The molecule has 0 aliphatic heterocycles. The monoisotopic (exact) mass is 486 g/mol. The van der Waals surface area contributed by atoms with E-state index in [0.717, 1.165) is 22.4 Å². The third-order valence-electron chi connectivity index (χ3n) is 5.30. The van der Waals surface area contributed by atoms with Crippen molar-refractivity contribution >= 4 is 27.4 Å². The van der Waals surface area contributed by atoms with Gasteiger partial charge in [-0.25, -0.2) is 19.3 Å². The first-order valence-corrected chi connectivity index (χ1v) is 12.4. The van der Waals surface area contributed by atoms with Gasteiger partial charge in [0.2, 0.25) is 5.96 Å². The Morgan fingerprint density at radius 1 is 0.943 bits per heavy atom. The maximum Gasteiger partial charge on any atom is 0.262 e. The number of aromatic nitrogens is 1. The van der Waals surface area contributed by atoms with Crippen molar-refractivity contribution in [2.45, 2.75) is 18.4 Å². The Hall–Kier alpha value is -4.21. The first kappa shape index (κ1) is 23.9. The highest BCUT2D eigenvalue weighted by atomic mass is 32.2. The van der Waals surface area contributed by atoms with Gasteiger partial charge in [-0.05, 0) is 47.9 Å². The van der Waals surface area contributed by atoms with Gasteiger partial charge in [-0.3, -0.25) is 15.1 Å². The summed E-state index contributed by atoms with van der Waals surface area (Å²) in [6, 6.07) is 25.3. The van der Waals surface area contributed by atoms with Crippen LogP contribution in [0, 0.1) is 6.92 Å². The van der Waals surface area contributed by atoms with Crippen LogP contribution in [0.4, 0.5) is 11.4 Å². The standard InChI is InChI=1S/C26H26N6O2S/c1-19-17-28-16-15-24(19)30-26(31-27)29-18-20-11-13-22(14-12-20)32-35(33,34)25-10-6-5-9-23(25)21-7-3-2-4-8-21/h2-17,32H,18,27H2,1H3,(H2,28,29,30,31). The molecule has 0 spiro atoms. The molecule has 0 bridgehead atoms. The molecule has 8 nitrogen and oxygen atoms in total. The van der Waals surface area contributed by atoms with Crippen LogP contribution in [0.15, 0.2) is 107 Å². The highest BCUT2D eigenvalue weighted by Gasteiger charge is 2.19. The number of benzene rings is 3. The van der Waals surface area contributed by atoms with Gasteiger partial charge in [0.05, 0.1) is 11.4 Å². The fourth-order valence-electron chi connectivity index (χ4n) is 3.48. The maximum absolute atomic E-state index is 13.2.